The summed E-state index contributed by atoms with van der Waals surface area (Å²) in [6.07, 6.45) is 0.0928. The van der Waals surface area contributed by atoms with Gasteiger partial charge in [0.1, 0.15) is 5.75 Å². The van der Waals surface area contributed by atoms with Gasteiger partial charge in [0.15, 0.2) is 0 Å². The van der Waals surface area contributed by atoms with E-state index >= 15 is 0 Å². The molecular formula is C15H22BClO3. The first kappa shape index (κ1) is 15.7. The zero-order valence-electron chi connectivity index (χ0n) is 13.0. The van der Waals surface area contributed by atoms with Crippen LogP contribution in [-0.4, -0.2) is 24.4 Å². The van der Waals surface area contributed by atoms with Gasteiger partial charge >= 0.3 is 7.12 Å². The van der Waals surface area contributed by atoms with E-state index in [1.807, 2.05) is 59.7 Å². The van der Waals surface area contributed by atoms with Crippen LogP contribution in [0.4, 0.5) is 0 Å². The predicted molar refractivity (Wildman–Crippen MR) is 82.9 cm³/mol. The maximum atomic E-state index is 6.26. The number of hydrogen-bond acceptors (Lipinski definition) is 3. The third kappa shape index (κ3) is 2.97. The third-order valence-corrected chi connectivity index (χ3v) is 4.14. The maximum absolute atomic E-state index is 6.26. The molecule has 2 rings (SSSR count). The van der Waals surface area contributed by atoms with Gasteiger partial charge in [0.25, 0.3) is 0 Å². The van der Waals surface area contributed by atoms with E-state index in [0.29, 0.717) is 10.8 Å². The highest BCUT2D eigenvalue weighted by Gasteiger charge is 2.51. The van der Waals surface area contributed by atoms with Gasteiger partial charge in [-0.3, -0.25) is 0 Å². The molecule has 1 aromatic rings. The molecule has 0 bridgehead atoms. The van der Waals surface area contributed by atoms with Crippen LogP contribution in [0.3, 0.4) is 0 Å². The van der Waals surface area contributed by atoms with Gasteiger partial charge in [0, 0.05) is 0 Å². The molecule has 0 N–H and O–H groups in total. The predicted octanol–water partition coefficient (Wildman–Crippen LogP) is 3.43. The lowest BCUT2D eigenvalue weighted by Gasteiger charge is -2.32. The Hall–Kier alpha value is -0.705. The smallest absolute Gasteiger partial charge is 0.489 e. The molecule has 0 amide bonds. The molecule has 0 saturated carbocycles. The van der Waals surface area contributed by atoms with E-state index in [9.17, 15) is 0 Å². The van der Waals surface area contributed by atoms with Crippen LogP contribution in [-0.2, 0) is 9.31 Å². The highest BCUT2D eigenvalue weighted by atomic mass is 35.5. The summed E-state index contributed by atoms with van der Waals surface area (Å²) in [4.78, 5) is 0. The van der Waals surface area contributed by atoms with Gasteiger partial charge in [-0.1, -0.05) is 17.7 Å². The molecule has 1 aliphatic heterocycles. The van der Waals surface area contributed by atoms with Crippen LogP contribution in [0.2, 0.25) is 5.02 Å². The Morgan fingerprint density at radius 3 is 2.10 bits per heavy atom. The van der Waals surface area contributed by atoms with E-state index < -0.39 is 7.12 Å². The Morgan fingerprint density at radius 2 is 1.65 bits per heavy atom. The summed E-state index contributed by atoms with van der Waals surface area (Å²) < 4.78 is 17.6. The summed E-state index contributed by atoms with van der Waals surface area (Å²) in [5.74, 6) is 0.682. The molecule has 1 aliphatic rings. The summed E-state index contributed by atoms with van der Waals surface area (Å²) in [5.41, 5.74) is 0.207. The second-order valence-corrected chi connectivity index (χ2v) is 6.85. The van der Waals surface area contributed by atoms with Crippen molar-refractivity contribution in [2.75, 3.05) is 0 Å². The van der Waals surface area contributed by atoms with E-state index in [2.05, 4.69) is 0 Å². The van der Waals surface area contributed by atoms with Crippen molar-refractivity contribution in [2.24, 2.45) is 0 Å². The van der Waals surface area contributed by atoms with Crippen molar-refractivity contribution < 1.29 is 14.0 Å². The van der Waals surface area contributed by atoms with Crippen LogP contribution in [0.5, 0.6) is 5.75 Å². The minimum atomic E-state index is -0.398. The number of rotatable bonds is 3. The average molecular weight is 297 g/mol. The zero-order valence-corrected chi connectivity index (χ0v) is 13.7. The number of benzene rings is 1. The first-order chi connectivity index (χ1) is 9.12. The van der Waals surface area contributed by atoms with Crippen molar-refractivity contribution in [1.29, 1.82) is 0 Å². The summed E-state index contributed by atoms with van der Waals surface area (Å²) in [6, 6.07) is 5.65. The summed E-state index contributed by atoms with van der Waals surface area (Å²) >= 11 is 6.26. The van der Waals surface area contributed by atoms with Crippen LogP contribution in [0.1, 0.15) is 41.5 Å². The van der Waals surface area contributed by atoms with Crippen LogP contribution >= 0.6 is 11.6 Å². The van der Waals surface area contributed by atoms with E-state index in [1.165, 1.54) is 0 Å². The molecule has 0 unspecified atom stereocenters. The number of ether oxygens (including phenoxy) is 1. The minimum absolute atomic E-state index is 0.0928. The van der Waals surface area contributed by atoms with E-state index in [0.717, 1.165) is 5.46 Å². The summed E-state index contributed by atoms with van der Waals surface area (Å²) in [5, 5.41) is 0.575. The zero-order chi connectivity index (χ0) is 15.1. The van der Waals surface area contributed by atoms with Gasteiger partial charge < -0.3 is 14.0 Å². The second kappa shape index (κ2) is 5.25. The molecule has 1 heterocycles. The molecule has 1 saturated heterocycles. The molecule has 110 valence electrons. The first-order valence-electron chi connectivity index (χ1n) is 6.94. The van der Waals surface area contributed by atoms with Crippen LogP contribution in [0, 0.1) is 0 Å². The molecule has 1 fully saturated rings. The Labute approximate surface area is 126 Å². The van der Waals surface area contributed by atoms with Gasteiger partial charge in [-0.25, -0.2) is 0 Å². The van der Waals surface area contributed by atoms with Crippen LogP contribution < -0.4 is 10.2 Å². The Morgan fingerprint density at radius 1 is 1.10 bits per heavy atom. The standard InChI is InChI=1S/C15H22BClO3/c1-10(2)18-13-8-7-11(9-12(13)17)16-19-14(3,4)15(5,6)20-16/h7-10H,1-6H3. The van der Waals surface area contributed by atoms with Gasteiger partial charge in [-0.15, -0.1) is 0 Å². The van der Waals surface area contributed by atoms with Crippen LogP contribution in [0.25, 0.3) is 0 Å². The SMILES string of the molecule is CC(C)Oc1ccc(B2OC(C)(C)C(C)(C)O2)cc1Cl. The lowest BCUT2D eigenvalue weighted by molar-refractivity contribution is 0.00578. The van der Waals surface area contributed by atoms with E-state index in [-0.39, 0.29) is 17.3 Å². The number of hydrogen-bond donors (Lipinski definition) is 0. The molecular weight excluding hydrogens is 274 g/mol. The third-order valence-electron chi connectivity index (χ3n) is 3.84. The van der Waals surface area contributed by atoms with Crippen molar-refractivity contribution in [3.05, 3.63) is 23.2 Å². The van der Waals surface area contributed by atoms with Gasteiger partial charge in [-0.05, 0) is 59.1 Å². The largest absolute Gasteiger partial charge is 0.494 e. The quantitative estimate of drug-likeness (QED) is 0.800. The molecule has 3 nitrogen and oxygen atoms in total. The van der Waals surface area contributed by atoms with Gasteiger partial charge in [0.05, 0.1) is 22.3 Å². The van der Waals surface area contributed by atoms with Crippen molar-refractivity contribution in [1.82, 2.24) is 0 Å². The summed E-state index contributed by atoms with van der Waals surface area (Å²) in [6.45, 7) is 12.1. The molecule has 0 aliphatic carbocycles. The highest BCUT2D eigenvalue weighted by molar-refractivity contribution is 6.62. The lowest BCUT2D eigenvalue weighted by atomic mass is 9.79. The van der Waals surface area contributed by atoms with Gasteiger partial charge in [0.2, 0.25) is 0 Å². The molecule has 0 aromatic heterocycles. The molecule has 1 aromatic carbocycles. The second-order valence-electron chi connectivity index (χ2n) is 6.44. The topological polar surface area (TPSA) is 27.7 Å². The Bertz CT molecular complexity index is 484. The fraction of sp³-hybridized carbons (Fsp3) is 0.600. The van der Waals surface area contributed by atoms with E-state index in [1.54, 1.807) is 0 Å². The van der Waals surface area contributed by atoms with Crippen LogP contribution in [0.15, 0.2) is 18.2 Å². The maximum Gasteiger partial charge on any atom is 0.494 e. The van der Waals surface area contributed by atoms with Crippen molar-refractivity contribution in [3.8, 4) is 5.75 Å². The van der Waals surface area contributed by atoms with Crippen molar-refractivity contribution in [2.45, 2.75) is 58.8 Å². The minimum Gasteiger partial charge on any atom is -0.489 e. The molecule has 20 heavy (non-hydrogen) atoms. The first-order valence-corrected chi connectivity index (χ1v) is 7.32. The van der Waals surface area contributed by atoms with Gasteiger partial charge in [-0.2, -0.15) is 0 Å². The Kier molecular flexibility index (Phi) is 4.11. The molecule has 5 heteroatoms. The fourth-order valence-electron chi connectivity index (χ4n) is 1.99. The lowest BCUT2D eigenvalue weighted by Crippen LogP contribution is -2.41. The molecule has 0 radical (unpaired) electrons. The normalized spacial score (nSPS) is 20.5. The number of halogens is 1. The fourth-order valence-corrected chi connectivity index (χ4v) is 2.23. The summed E-state index contributed by atoms with van der Waals surface area (Å²) in [7, 11) is -0.398. The van der Waals surface area contributed by atoms with E-state index in [4.69, 9.17) is 25.6 Å². The monoisotopic (exact) mass is 296 g/mol. The molecule has 0 spiro atoms. The van der Waals surface area contributed by atoms with Crippen molar-refractivity contribution >= 4 is 24.2 Å². The Balaban J connectivity index is 2.22. The molecule has 0 atom stereocenters. The highest BCUT2D eigenvalue weighted by Crippen LogP contribution is 2.37. The average Bonchev–Trinajstić information content (AvgIpc) is 2.50. The van der Waals surface area contributed by atoms with Crippen molar-refractivity contribution in [3.63, 3.8) is 0 Å².